The molecule has 2 heterocycles. The van der Waals surface area contributed by atoms with Crippen molar-refractivity contribution in [3.63, 3.8) is 0 Å². The SMILES string of the molecule is COc1ccc(CN2CCCC(N3CCCC3)C2)c(F)c1. The van der Waals surface area contributed by atoms with Crippen LogP contribution in [0, 0.1) is 5.82 Å². The van der Waals surface area contributed by atoms with Gasteiger partial charge in [-0.1, -0.05) is 6.07 Å². The summed E-state index contributed by atoms with van der Waals surface area (Å²) in [5.74, 6) is 0.433. The lowest BCUT2D eigenvalue weighted by Gasteiger charge is -2.37. The third-order valence-electron chi connectivity index (χ3n) is 4.79. The zero-order valence-electron chi connectivity index (χ0n) is 12.9. The van der Waals surface area contributed by atoms with Crippen molar-refractivity contribution in [2.24, 2.45) is 0 Å². The number of rotatable bonds is 4. The van der Waals surface area contributed by atoms with E-state index in [1.54, 1.807) is 7.11 Å². The van der Waals surface area contributed by atoms with Crippen LogP contribution in [0.25, 0.3) is 0 Å². The van der Waals surface area contributed by atoms with Crippen molar-refractivity contribution in [3.8, 4) is 5.75 Å². The van der Waals surface area contributed by atoms with Gasteiger partial charge in [0.1, 0.15) is 11.6 Å². The fourth-order valence-electron chi connectivity index (χ4n) is 3.60. The maximum absolute atomic E-state index is 14.1. The van der Waals surface area contributed by atoms with Gasteiger partial charge in [0.25, 0.3) is 0 Å². The number of halogens is 1. The number of nitrogens with zero attached hydrogens (tertiary/aromatic N) is 2. The first-order valence-electron chi connectivity index (χ1n) is 8.05. The number of piperidine rings is 1. The van der Waals surface area contributed by atoms with Crippen LogP contribution in [0.1, 0.15) is 31.2 Å². The van der Waals surface area contributed by atoms with E-state index in [-0.39, 0.29) is 5.82 Å². The van der Waals surface area contributed by atoms with E-state index in [9.17, 15) is 4.39 Å². The van der Waals surface area contributed by atoms with Crippen LogP contribution in [-0.4, -0.2) is 49.1 Å². The van der Waals surface area contributed by atoms with Crippen molar-refractivity contribution in [2.75, 3.05) is 33.3 Å². The van der Waals surface area contributed by atoms with Crippen LogP contribution in [0.4, 0.5) is 4.39 Å². The van der Waals surface area contributed by atoms with Crippen LogP contribution in [0.3, 0.4) is 0 Å². The standard InChI is InChI=1S/C17H25FN2O/c1-21-16-7-6-14(17(18)11-16)12-19-8-4-5-15(13-19)20-9-2-3-10-20/h6-7,11,15H,2-5,8-10,12-13H2,1H3. The van der Waals surface area contributed by atoms with Gasteiger partial charge in [-0.15, -0.1) is 0 Å². The van der Waals surface area contributed by atoms with E-state index >= 15 is 0 Å². The van der Waals surface area contributed by atoms with Gasteiger partial charge in [0.05, 0.1) is 7.11 Å². The zero-order chi connectivity index (χ0) is 14.7. The van der Waals surface area contributed by atoms with Gasteiger partial charge < -0.3 is 4.74 Å². The molecule has 2 aliphatic rings. The van der Waals surface area contributed by atoms with Crippen LogP contribution in [0.2, 0.25) is 0 Å². The molecule has 1 aromatic rings. The van der Waals surface area contributed by atoms with Crippen molar-refractivity contribution < 1.29 is 9.13 Å². The molecule has 0 spiro atoms. The van der Waals surface area contributed by atoms with Crippen molar-refractivity contribution in [2.45, 2.75) is 38.3 Å². The molecule has 2 fully saturated rings. The molecule has 116 valence electrons. The maximum atomic E-state index is 14.1. The molecular formula is C17H25FN2O. The molecule has 1 aromatic carbocycles. The Hall–Kier alpha value is -1.13. The van der Waals surface area contributed by atoms with E-state index in [2.05, 4.69) is 9.80 Å². The third kappa shape index (κ3) is 3.55. The summed E-state index contributed by atoms with van der Waals surface area (Å²) in [6.07, 6.45) is 5.19. The van der Waals surface area contributed by atoms with E-state index in [4.69, 9.17) is 4.74 Å². The smallest absolute Gasteiger partial charge is 0.131 e. The van der Waals surface area contributed by atoms with Crippen LogP contribution in [0.15, 0.2) is 18.2 Å². The Kier molecular flexibility index (Phi) is 4.76. The van der Waals surface area contributed by atoms with Gasteiger partial charge in [0, 0.05) is 30.8 Å². The maximum Gasteiger partial charge on any atom is 0.131 e. The lowest BCUT2D eigenvalue weighted by atomic mass is 10.0. The van der Waals surface area contributed by atoms with Crippen molar-refractivity contribution in [3.05, 3.63) is 29.6 Å². The number of hydrogen-bond donors (Lipinski definition) is 0. The molecule has 1 atom stereocenters. The molecule has 1 unspecified atom stereocenters. The molecule has 2 aliphatic heterocycles. The summed E-state index contributed by atoms with van der Waals surface area (Å²) < 4.78 is 19.1. The molecule has 3 rings (SSSR count). The molecule has 0 aromatic heterocycles. The van der Waals surface area contributed by atoms with Crippen molar-refractivity contribution >= 4 is 0 Å². The van der Waals surface area contributed by atoms with Crippen LogP contribution >= 0.6 is 0 Å². The molecule has 0 bridgehead atoms. The molecule has 3 nitrogen and oxygen atoms in total. The minimum absolute atomic E-state index is 0.155. The summed E-state index contributed by atoms with van der Waals surface area (Å²) >= 11 is 0. The van der Waals surface area contributed by atoms with Gasteiger partial charge >= 0.3 is 0 Å². The van der Waals surface area contributed by atoms with Crippen LogP contribution in [-0.2, 0) is 6.54 Å². The molecular weight excluding hydrogens is 267 g/mol. The van der Waals surface area contributed by atoms with Gasteiger partial charge in [-0.05, 0) is 51.4 Å². The van der Waals surface area contributed by atoms with E-state index in [0.717, 1.165) is 18.7 Å². The van der Waals surface area contributed by atoms with Crippen LogP contribution in [0.5, 0.6) is 5.75 Å². The highest BCUT2D eigenvalue weighted by Gasteiger charge is 2.27. The lowest BCUT2D eigenvalue weighted by Crippen LogP contribution is -2.46. The number of likely N-dealkylation sites (tertiary alicyclic amines) is 2. The molecule has 0 aliphatic carbocycles. The summed E-state index contributed by atoms with van der Waals surface area (Å²) in [6, 6.07) is 5.85. The summed E-state index contributed by atoms with van der Waals surface area (Å²) in [5, 5.41) is 0. The highest BCUT2D eigenvalue weighted by atomic mass is 19.1. The van der Waals surface area contributed by atoms with E-state index in [1.165, 1.54) is 44.8 Å². The number of ether oxygens (including phenoxy) is 1. The van der Waals surface area contributed by atoms with E-state index in [1.807, 2.05) is 12.1 Å². The number of benzene rings is 1. The Morgan fingerprint density at radius 3 is 2.71 bits per heavy atom. The normalized spacial score (nSPS) is 24.4. The third-order valence-corrected chi connectivity index (χ3v) is 4.79. The first-order chi connectivity index (χ1) is 10.3. The first-order valence-corrected chi connectivity index (χ1v) is 8.05. The molecule has 0 radical (unpaired) electrons. The fourth-order valence-corrected chi connectivity index (χ4v) is 3.60. The van der Waals surface area contributed by atoms with E-state index < -0.39 is 0 Å². The molecule has 2 saturated heterocycles. The van der Waals surface area contributed by atoms with Gasteiger partial charge in [0.2, 0.25) is 0 Å². The molecule has 0 amide bonds. The Balaban J connectivity index is 1.61. The second-order valence-corrected chi connectivity index (χ2v) is 6.23. The highest BCUT2D eigenvalue weighted by Crippen LogP contribution is 2.23. The molecule has 4 heteroatoms. The monoisotopic (exact) mass is 292 g/mol. The van der Waals surface area contributed by atoms with E-state index in [0.29, 0.717) is 18.3 Å². The Morgan fingerprint density at radius 2 is 2.00 bits per heavy atom. The second-order valence-electron chi connectivity index (χ2n) is 6.23. The molecule has 21 heavy (non-hydrogen) atoms. The predicted octanol–water partition coefficient (Wildman–Crippen LogP) is 2.89. The number of methoxy groups -OCH3 is 1. The Labute approximate surface area is 126 Å². The first kappa shape index (κ1) is 14.8. The number of hydrogen-bond acceptors (Lipinski definition) is 3. The summed E-state index contributed by atoms with van der Waals surface area (Å²) in [7, 11) is 1.57. The highest BCUT2D eigenvalue weighted by molar-refractivity contribution is 5.28. The topological polar surface area (TPSA) is 15.7 Å². The quantitative estimate of drug-likeness (QED) is 0.848. The predicted molar refractivity (Wildman–Crippen MR) is 82.1 cm³/mol. The molecule has 0 N–H and O–H groups in total. The average Bonchev–Trinajstić information content (AvgIpc) is 3.04. The van der Waals surface area contributed by atoms with Crippen molar-refractivity contribution in [1.29, 1.82) is 0 Å². The fraction of sp³-hybridized carbons (Fsp3) is 0.647. The van der Waals surface area contributed by atoms with Gasteiger partial charge in [-0.3, -0.25) is 9.80 Å². The molecule has 0 saturated carbocycles. The Morgan fingerprint density at radius 1 is 1.19 bits per heavy atom. The Bertz CT molecular complexity index is 474. The van der Waals surface area contributed by atoms with Gasteiger partial charge in [-0.25, -0.2) is 4.39 Å². The summed E-state index contributed by atoms with van der Waals surface area (Å²) in [5.41, 5.74) is 0.776. The lowest BCUT2D eigenvalue weighted by molar-refractivity contribution is 0.110. The van der Waals surface area contributed by atoms with Gasteiger partial charge in [-0.2, -0.15) is 0 Å². The zero-order valence-corrected chi connectivity index (χ0v) is 12.9. The minimum atomic E-state index is -0.155. The van der Waals surface area contributed by atoms with Crippen LogP contribution < -0.4 is 4.74 Å². The minimum Gasteiger partial charge on any atom is -0.497 e. The van der Waals surface area contributed by atoms with Gasteiger partial charge in [0.15, 0.2) is 0 Å². The summed E-state index contributed by atoms with van der Waals surface area (Å²) in [6.45, 7) is 5.35. The average molecular weight is 292 g/mol. The van der Waals surface area contributed by atoms with Crippen molar-refractivity contribution in [1.82, 2.24) is 9.80 Å². The largest absolute Gasteiger partial charge is 0.497 e. The summed E-state index contributed by atoms with van der Waals surface area (Å²) in [4.78, 5) is 5.02. The second kappa shape index (κ2) is 6.75.